The van der Waals surface area contributed by atoms with Crippen molar-refractivity contribution in [1.82, 2.24) is 9.80 Å². The van der Waals surface area contributed by atoms with Crippen molar-refractivity contribution < 1.29 is 9.59 Å². The number of piperazine rings is 1. The average Bonchev–Trinajstić information content (AvgIpc) is 2.88. The van der Waals surface area contributed by atoms with Gasteiger partial charge in [-0.1, -0.05) is 12.8 Å². The number of fused-ring (bicyclic) bond motifs is 1. The van der Waals surface area contributed by atoms with Crippen molar-refractivity contribution >= 4 is 11.8 Å². The largest absolute Gasteiger partial charge is 0.336 e. The van der Waals surface area contributed by atoms with E-state index in [1.165, 1.54) is 19.3 Å². The quantitative estimate of drug-likeness (QED) is 0.645. The van der Waals surface area contributed by atoms with Crippen molar-refractivity contribution in [2.75, 3.05) is 13.1 Å². The maximum absolute atomic E-state index is 12.3. The minimum absolute atomic E-state index is 0.0275. The van der Waals surface area contributed by atoms with Crippen LogP contribution in [0.15, 0.2) is 0 Å². The maximum atomic E-state index is 12.3. The van der Waals surface area contributed by atoms with Crippen LogP contribution in [-0.4, -0.2) is 46.3 Å². The van der Waals surface area contributed by atoms with E-state index in [2.05, 4.69) is 9.80 Å². The highest BCUT2D eigenvalue weighted by atomic mass is 16.2. The molecule has 98 valence electrons. The minimum atomic E-state index is 0.0275. The van der Waals surface area contributed by atoms with Crippen molar-refractivity contribution in [3.8, 4) is 0 Å². The molecule has 0 aromatic carbocycles. The molecule has 4 nitrogen and oxygen atoms in total. The van der Waals surface area contributed by atoms with E-state index in [0.717, 1.165) is 32.4 Å². The molecular formula is C14H20N2O2. The van der Waals surface area contributed by atoms with Crippen LogP contribution < -0.4 is 0 Å². The molecule has 3 atom stereocenters. The van der Waals surface area contributed by atoms with Crippen molar-refractivity contribution in [1.29, 1.82) is 0 Å². The van der Waals surface area contributed by atoms with E-state index in [-0.39, 0.29) is 5.54 Å². The van der Waals surface area contributed by atoms with Crippen LogP contribution in [0.4, 0.5) is 0 Å². The number of carbonyl (C=O) groups excluding carboxylic acids is 2. The summed E-state index contributed by atoms with van der Waals surface area (Å²) in [6.45, 7) is 1.54. The second kappa shape index (κ2) is 3.49. The van der Waals surface area contributed by atoms with Gasteiger partial charge in [0.2, 0.25) is 11.8 Å². The summed E-state index contributed by atoms with van der Waals surface area (Å²) in [6, 6.07) is 0.329. The predicted molar refractivity (Wildman–Crippen MR) is 65.8 cm³/mol. The van der Waals surface area contributed by atoms with Gasteiger partial charge in [0.25, 0.3) is 0 Å². The fourth-order valence-electron chi connectivity index (χ4n) is 5.13. The molecule has 0 radical (unpaired) electrons. The van der Waals surface area contributed by atoms with Gasteiger partial charge in [0, 0.05) is 25.9 Å². The zero-order valence-electron chi connectivity index (χ0n) is 10.7. The third-order valence-electron chi connectivity index (χ3n) is 5.78. The summed E-state index contributed by atoms with van der Waals surface area (Å²) in [6.07, 6.45) is 7.18. The standard InChI is InChI=1S/C14H20N2O2/c17-12-5-4-11-14-6-2-1-3-10(14)9-13(18)16(14)8-7-15(11)12/h10-11H,1-9H2. The Morgan fingerprint density at radius 3 is 2.83 bits per heavy atom. The molecular weight excluding hydrogens is 228 g/mol. The number of carbonyl (C=O) groups is 2. The predicted octanol–water partition coefficient (Wildman–Crippen LogP) is 1.15. The van der Waals surface area contributed by atoms with Gasteiger partial charge in [0.05, 0.1) is 11.6 Å². The number of nitrogens with zero attached hydrogens (tertiary/aromatic N) is 2. The molecule has 3 heterocycles. The topological polar surface area (TPSA) is 40.6 Å². The first-order valence-electron chi connectivity index (χ1n) is 7.33. The Bertz CT molecular complexity index is 422. The van der Waals surface area contributed by atoms with E-state index >= 15 is 0 Å². The second-order valence-electron chi connectivity index (χ2n) is 6.33. The lowest BCUT2D eigenvalue weighted by atomic mass is 9.67. The van der Waals surface area contributed by atoms with Crippen LogP contribution in [0.1, 0.15) is 44.9 Å². The van der Waals surface area contributed by atoms with E-state index in [0.29, 0.717) is 30.2 Å². The molecule has 4 rings (SSSR count). The SMILES string of the molecule is O=C1CCC2N1CCN1C(=O)CC3CCCCC321. The fraction of sp³-hybridized carbons (Fsp3) is 0.857. The number of hydrogen-bond acceptors (Lipinski definition) is 2. The van der Waals surface area contributed by atoms with Crippen LogP contribution in [0.3, 0.4) is 0 Å². The zero-order valence-corrected chi connectivity index (χ0v) is 10.7. The first-order chi connectivity index (χ1) is 8.73. The Labute approximate surface area is 107 Å². The van der Waals surface area contributed by atoms with E-state index < -0.39 is 0 Å². The molecule has 3 aliphatic heterocycles. The molecule has 3 saturated heterocycles. The maximum Gasteiger partial charge on any atom is 0.223 e. The van der Waals surface area contributed by atoms with Gasteiger partial charge in [0.1, 0.15) is 0 Å². The lowest BCUT2D eigenvalue weighted by Gasteiger charge is -2.55. The highest BCUT2D eigenvalue weighted by Crippen LogP contribution is 2.52. The van der Waals surface area contributed by atoms with Gasteiger partial charge in [0.15, 0.2) is 0 Å². The average molecular weight is 248 g/mol. The van der Waals surface area contributed by atoms with Crippen molar-refractivity contribution in [2.45, 2.75) is 56.5 Å². The van der Waals surface area contributed by atoms with Gasteiger partial charge in [-0.3, -0.25) is 9.59 Å². The molecule has 3 unspecified atom stereocenters. The van der Waals surface area contributed by atoms with Gasteiger partial charge in [-0.15, -0.1) is 0 Å². The highest BCUT2D eigenvalue weighted by molar-refractivity contribution is 5.84. The lowest BCUT2D eigenvalue weighted by Crippen LogP contribution is -2.67. The van der Waals surface area contributed by atoms with Gasteiger partial charge in [-0.05, 0) is 25.2 Å². The molecule has 0 aromatic rings. The van der Waals surface area contributed by atoms with Gasteiger partial charge in [-0.2, -0.15) is 0 Å². The molecule has 1 spiro atoms. The summed E-state index contributed by atoms with van der Waals surface area (Å²) >= 11 is 0. The zero-order chi connectivity index (χ0) is 12.3. The second-order valence-corrected chi connectivity index (χ2v) is 6.33. The van der Waals surface area contributed by atoms with E-state index in [1.807, 2.05) is 0 Å². The number of rotatable bonds is 0. The van der Waals surface area contributed by atoms with Crippen LogP contribution in [0, 0.1) is 5.92 Å². The van der Waals surface area contributed by atoms with Crippen LogP contribution in [0.2, 0.25) is 0 Å². The summed E-state index contributed by atoms with van der Waals surface area (Å²) < 4.78 is 0. The molecule has 4 fully saturated rings. The van der Waals surface area contributed by atoms with Crippen molar-refractivity contribution in [2.24, 2.45) is 5.92 Å². The van der Waals surface area contributed by atoms with Gasteiger partial charge >= 0.3 is 0 Å². The van der Waals surface area contributed by atoms with Crippen LogP contribution in [0.25, 0.3) is 0 Å². The Kier molecular flexibility index (Phi) is 2.10. The van der Waals surface area contributed by atoms with Crippen molar-refractivity contribution in [3.05, 3.63) is 0 Å². The van der Waals surface area contributed by atoms with Crippen molar-refractivity contribution in [3.63, 3.8) is 0 Å². The molecule has 1 saturated carbocycles. The van der Waals surface area contributed by atoms with Crippen LogP contribution in [0.5, 0.6) is 0 Å². The summed E-state index contributed by atoms with van der Waals surface area (Å²) in [4.78, 5) is 28.5. The van der Waals surface area contributed by atoms with Gasteiger partial charge in [-0.25, -0.2) is 0 Å². The molecule has 0 N–H and O–H groups in total. The minimum Gasteiger partial charge on any atom is -0.336 e. The Morgan fingerprint density at radius 2 is 1.94 bits per heavy atom. The lowest BCUT2D eigenvalue weighted by molar-refractivity contribution is -0.146. The molecule has 4 aliphatic rings. The third-order valence-corrected chi connectivity index (χ3v) is 5.78. The Balaban J connectivity index is 1.79. The third kappa shape index (κ3) is 1.12. The molecule has 0 aromatic heterocycles. The summed E-state index contributed by atoms with van der Waals surface area (Å²) in [5, 5.41) is 0. The first-order valence-corrected chi connectivity index (χ1v) is 7.33. The molecule has 18 heavy (non-hydrogen) atoms. The Morgan fingerprint density at radius 1 is 1.06 bits per heavy atom. The fourth-order valence-corrected chi connectivity index (χ4v) is 5.13. The summed E-state index contributed by atoms with van der Waals surface area (Å²) in [7, 11) is 0. The summed E-state index contributed by atoms with van der Waals surface area (Å²) in [5.41, 5.74) is 0.0275. The van der Waals surface area contributed by atoms with E-state index in [9.17, 15) is 9.59 Å². The van der Waals surface area contributed by atoms with E-state index in [1.54, 1.807) is 0 Å². The smallest absolute Gasteiger partial charge is 0.223 e. The molecule has 1 aliphatic carbocycles. The molecule has 0 bridgehead atoms. The summed E-state index contributed by atoms with van der Waals surface area (Å²) in [5.74, 6) is 1.18. The first kappa shape index (κ1) is 10.8. The Hall–Kier alpha value is -1.06. The van der Waals surface area contributed by atoms with E-state index in [4.69, 9.17) is 0 Å². The number of amides is 2. The van der Waals surface area contributed by atoms with Crippen LogP contribution >= 0.6 is 0 Å². The molecule has 4 heteroatoms. The highest BCUT2D eigenvalue weighted by Gasteiger charge is 2.62. The number of hydrogen-bond donors (Lipinski definition) is 0. The normalized spacial score (nSPS) is 42.9. The monoisotopic (exact) mass is 248 g/mol. The van der Waals surface area contributed by atoms with Gasteiger partial charge < -0.3 is 9.80 Å². The van der Waals surface area contributed by atoms with Crippen LogP contribution in [-0.2, 0) is 9.59 Å². The molecule has 2 amide bonds.